The van der Waals surface area contributed by atoms with Gasteiger partial charge in [-0.2, -0.15) is 0 Å². The van der Waals surface area contributed by atoms with E-state index in [0.717, 1.165) is 22.6 Å². The number of carbonyl (C=O) groups is 1. The van der Waals surface area contributed by atoms with Gasteiger partial charge in [0.15, 0.2) is 5.69 Å². The molecule has 0 spiro atoms. The van der Waals surface area contributed by atoms with Gasteiger partial charge < -0.3 is 11.1 Å². The Kier molecular flexibility index (Phi) is 5.05. The minimum absolute atomic E-state index is 0.00248. The third-order valence-corrected chi connectivity index (χ3v) is 5.18. The van der Waals surface area contributed by atoms with Gasteiger partial charge in [0.05, 0.1) is 24.1 Å². The SMILES string of the molecule is Nc1ccc(-c2cccs2)cc1NC(=O)c1cn(Cc2c(F)cccc2F)nn1. The first-order valence-electron chi connectivity index (χ1n) is 8.59. The average molecular weight is 411 g/mol. The van der Waals surface area contributed by atoms with Gasteiger partial charge in [0.1, 0.15) is 11.6 Å². The van der Waals surface area contributed by atoms with Crippen molar-refractivity contribution in [2.45, 2.75) is 6.54 Å². The number of nitrogens with zero attached hydrogens (tertiary/aromatic N) is 3. The number of anilines is 2. The number of hydrogen-bond acceptors (Lipinski definition) is 5. The summed E-state index contributed by atoms with van der Waals surface area (Å²) in [6.07, 6.45) is 1.32. The van der Waals surface area contributed by atoms with Gasteiger partial charge in [-0.25, -0.2) is 13.5 Å². The molecule has 0 unspecified atom stereocenters. The number of benzene rings is 2. The molecule has 9 heteroatoms. The van der Waals surface area contributed by atoms with Gasteiger partial charge in [0, 0.05) is 10.4 Å². The molecule has 3 N–H and O–H groups in total. The standard InChI is InChI=1S/C20H15F2N5OS/c21-14-3-1-4-15(22)13(14)10-27-11-18(25-26-27)20(28)24-17-9-12(6-7-16(17)23)19-5-2-8-29-19/h1-9,11H,10,23H2,(H,24,28). The van der Waals surface area contributed by atoms with Crippen LogP contribution in [0.4, 0.5) is 20.2 Å². The summed E-state index contributed by atoms with van der Waals surface area (Å²) in [6.45, 7) is -0.186. The van der Waals surface area contributed by atoms with Gasteiger partial charge in [0.2, 0.25) is 0 Å². The Hall–Kier alpha value is -3.59. The number of nitrogens with two attached hydrogens (primary N) is 1. The minimum Gasteiger partial charge on any atom is -0.397 e. The van der Waals surface area contributed by atoms with Crippen molar-refractivity contribution in [2.24, 2.45) is 0 Å². The van der Waals surface area contributed by atoms with Crippen molar-refractivity contribution in [3.05, 3.63) is 83.0 Å². The van der Waals surface area contributed by atoms with Crippen LogP contribution in [0.15, 0.2) is 60.1 Å². The fourth-order valence-corrected chi connectivity index (χ4v) is 3.50. The van der Waals surface area contributed by atoms with Crippen LogP contribution in [0.1, 0.15) is 16.1 Å². The zero-order valence-electron chi connectivity index (χ0n) is 15.0. The van der Waals surface area contributed by atoms with Crippen LogP contribution in [0.5, 0.6) is 0 Å². The van der Waals surface area contributed by atoms with E-state index < -0.39 is 17.5 Å². The molecular weight excluding hydrogens is 396 g/mol. The molecule has 29 heavy (non-hydrogen) atoms. The van der Waals surface area contributed by atoms with Crippen molar-refractivity contribution in [3.8, 4) is 10.4 Å². The van der Waals surface area contributed by atoms with Gasteiger partial charge in [-0.1, -0.05) is 23.4 Å². The first-order valence-corrected chi connectivity index (χ1v) is 9.47. The molecule has 0 radical (unpaired) electrons. The smallest absolute Gasteiger partial charge is 0.277 e. The number of hydrogen-bond donors (Lipinski definition) is 2. The van der Waals surface area contributed by atoms with E-state index in [1.54, 1.807) is 23.5 Å². The van der Waals surface area contributed by atoms with Crippen molar-refractivity contribution >= 4 is 28.6 Å². The summed E-state index contributed by atoms with van der Waals surface area (Å²) in [5.41, 5.74) is 7.58. The lowest BCUT2D eigenvalue weighted by molar-refractivity contribution is 0.102. The quantitative estimate of drug-likeness (QED) is 0.483. The molecule has 4 rings (SSSR count). The van der Waals surface area contributed by atoms with E-state index in [-0.39, 0.29) is 17.8 Å². The second kappa shape index (κ2) is 7.80. The van der Waals surface area contributed by atoms with Crippen molar-refractivity contribution < 1.29 is 13.6 Å². The molecule has 0 fully saturated rings. The molecule has 146 valence electrons. The lowest BCUT2D eigenvalue weighted by Crippen LogP contribution is -2.14. The summed E-state index contributed by atoms with van der Waals surface area (Å²) < 4.78 is 28.8. The summed E-state index contributed by atoms with van der Waals surface area (Å²) in [6, 6.07) is 12.9. The number of nitrogens with one attached hydrogen (secondary N) is 1. The van der Waals surface area contributed by atoms with Crippen molar-refractivity contribution in [3.63, 3.8) is 0 Å². The fourth-order valence-electron chi connectivity index (χ4n) is 2.77. The number of aromatic nitrogens is 3. The number of carbonyl (C=O) groups excluding carboxylic acids is 1. The third-order valence-electron chi connectivity index (χ3n) is 4.26. The monoisotopic (exact) mass is 411 g/mol. The van der Waals surface area contributed by atoms with Crippen LogP contribution in [0.25, 0.3) is 10.4 Å². The van der Waals surface area contributed by atoms with E-state index in [0.29, 0.717) is 11.4 Å². The van der Waals surface area contributed by atoms with E-state index in [9.17, 15) is 13.6 Å². The van der Waals surface area contributed by atoms with Crippen molar-refractivity contribution in [1.82, 2.24) is 15.0 Å². The molecule has 2 aromatic carbocycles. The van der Waals surface area contributed by atoms with E-state index in [2.05, 4.69) is 15.6 Å². The zero-order chi connectivity index (χ0) is 20.4. The highest BCUT2D eigenvalue weighted by molar-refractivity contribution is 7.13. The molecule has 0 aliphatic carbocycles. The fraction of sp³-hybridized carbons (Fsp3) is 0.0500. The zero-order valence-corrected chi connectivity index (χ0v) is 15.8. The van der Waals surface area contributed by atoms with Gasteiger partial charge in [0.25, 0.3) is 5.91 Å². The predicted molar refractivity (Wildman–Crippen MR) is 108 cm³/mol. The minimum atomic E-state index is -0.690. The third kappa shape index (κ3) is 3.99. The maximum Gasteiger partial charge on any atom is 0.277 e. The summed E-state index contributed by atoms with van der Waals surface area (Å²) in [4.78, 5) is 13.6. The first kappa shape index (κ1) is 18.8. The molecule has 2 aromatic heterocycles. The Balaban J connectivity index is 1.52. The molecule has 0 saturated heterocycles. The Morgan fingerprint density at radius 1 is 1.14 bits per heavy atom. The first-order chi connectivity index (χ1) is 14.0. The molecule has 1 amide bonds. The molecule has 0 aliphatic rings. The molecule has 0 bridgehead atoms. The Bertz CT molecular complexity index is 1150. The van der Waals surface area contributed by atoms with Gasteiger partial charge in [-0.15, -0.1) is 16.4 Å². The number of thiophene rings is 1. The van der Waals surface area contributed by atoms with Crippen LogP contribution in [0, 0.1) is 11.6 Å². The van der Waals surface area contributed by atoms with Gasteiger partial charge in [-0.05, 0) is 41.3 Å². The summed E-state index contributed by atoms with van der Waals surface area (Å²) in [5, 5.41) is 12.2. The molecule has 0 aliphatic heterocycles. The van der Waals surface area contributed by atoms with Crippen LogP contribution in [0.3, 0.4) is 0 Å². The predicted octanol–water partition coefficient (Wildman–Crippen LogP) is 4.17. The second-order valence-electron chi connectivity index (χ2n) is 6.24. The van der Waals surface area contributed by atoms with E-state index in [4.69, 9.17) is 5.73 Å². The van der Waals surface area contributed by atoms with E-state index >= 15 is 0 Å². The van der Waals surface area contributed by atoms with Crippen LogP contribution < -0.4 is 11.1 Å². The van der Waals surface area contributed by atoms with Crippen LogP contribution in [-0.2, 0) is 6.54 Å². The highest BCUT2D eigenvalue weighted by Gasteiger charge is 2.15. The van der Waals surface area contributed by atoms with Crippen LogP contribution in [-0.4, -0.2) is 20.9 Å². The number of rotatable bonds is 5. The van der Waals surface area contributed by atoms with Gasteiger partial charge >= 0.3 is 0 Å². The van der Waals surface area contributed by atoms with E-state index in [1.165, 1.54) is 16.9 Å². The largest absolute Gasteiger partial charge is 0.397 e. The summed E-state index contributed by atoms with van der Waals surface area (Å²) >= 11 is 1.57. The van der Waals surface area contributed by atoms with Crippen LogP contribution in [0.2, 0.25) is 0 Å². The average Bonchev–Trinajstić information content (AvgIpc) is 3.39. The number of amides is 1. The highest BCUT2D eigenvalue weighted by atomic mass is 32.1. The molecular formula is C20H15F2N5OS. The lowest BCUT2D eigenvalue weighted by Gasteiger charge is -2.08. The van der Waals surface area contributed by atoms with Gasteiger partial charge in [-0.3, -0.25) is 4.79 Å². The second-order valence-corrected chi connectivity index (χ2v) is 7.18. The highest BCUT2D eigenvalue weighted by Crippen LogP contribution is 2.30. The number of nitrogen functional groups attached to an aromatic ring is 1. The molecule has 0 saturated carbocycles. The summed E-state index contributed by atoms with van der Waals surface area (Å²) in [7, 11) is 0. The Labute approximate surface area is 168 Å². The molecule has 4 aromatic rings. The van der Waals surface area contributed by atoms with Crippen molar-refractivity contribution in [2.75, 3.05) is 11.1 Å². The Morgan fingerprint density at radius 2 is 1.93 bits per heavy atom. The lowest BCUT2D eigenvalue weighted by atomic mass is 10.1. The normalized spacial score (nSPS) is 10.8. The molecule has 6 nitrogen and oxygen atoms in total. The summed E-state index contributed by atoms with van der Waals surface area (Å²) in [5.74, 6) is -1.91. The maximum atomic E-state index is 13.8. The van der Waals surface area contributed by atoms with Crippen molar-refractivity contribution in [1.29, 1.82) is 0 Å². The topological polar surface area (TPSA) is 85.8 Å². The van der Waals surface area contributed by atoms with E-state index in [1.807, 2.05) is 23.6 Å². The Morgan fingerprint density at radius 3 is 2.66 bits per heavy atom. The number of halogens is 2. The van der Waals surface area contributed by atoms with Crippen LogP contribution >= 0.6 is 11.3 Å². The maximum absolute atomic E-state index is 13.8. The molecule has 2 heterocycles. The molecule has 0 atom stereocenters.